The van der Waals surface area contributed by atoms with Gasteiger partial charge in [-0.3, -0.25) is 4.79 Å². The van der Waals surface area contributed by atoms with E-state index in [0.717, 1.165) is 0 Å². The summed E-state index contributed by atoms with van der Waals surface area (Å²) in [6.07, 6.45) is 3.37. The zero-order valence-corrected chi connectivity index (χ0v) is 14.7. The quantitative estimate of drug-likeness (QED) is 0.732. The van der Waals surface area contributed by atoms with Crippen molar-refractivity contribution in [3.63, 3.8) is 0 Å². The predicted molar refractivity (Wildman–Crippen MR) is 95.4 cm³/mol. The fourth-order valence-electron chi connectivity index (χ4n) is 2.54. The molecule has 0 aliphatic rings. The van der Waals surface area contributed by atoms with Crippen molar-refractivity contribution in [1.29, 1.82) is 0 Å². The van der Waals surface area contributed by atoms with Crippen LogP contribution >= 0.6 is 23.2 Å². The van der Waals surface area contributed by atoms with Crippen LogP contribution in [0.4, 0.5) is 4.39 Å². The highest BCUT2D eigenvalue weighted by atomic mass is 35.5. The molecule has 1 amide bonds. The summed E-state index contributed by atoms with van der Waals surface area (Å²) in [6.45, 7) is 0. The van der Waals surface area contributed by atoms with Crippen LogP contribution in [0.1, 0.15) is 27.8 Å². The molecule has 1 atom stereocenters. The summed E-state index contributed by atoms with van der Waals surface area (Å²) in [7, 11) is 1.80. The maximum Gasteiger partial charge on any atom is 0.252 e. The van der Waals surface area contributed by atoms with Crippen molar-refractivity contribution in [1.82, 2.24) is 14.9 Å². The second-order valence-electron chi connectivity index (χ2n) is 5.52. The summed E-state index contributed by atoms with van der Waals surface area (Å²) in [6, 6.07) is 9.98. The Balaban J connectivity index is 1.98. The molecule has 1 heterocycles. The van der Waals surface area contributed by atoms with E-state index < -0.39 is 11.9 Å². The number of benzene rings is 2. The Hall–Kier alpha value is -2.37. The van der Waals surface area contributed by atoms with Gasteiger partial charge in [-0.2, -0.15) is 0 Å². The van der Waals surface area contributed by atoms with Gasteiger partial charge in [0.15, 0.2) is 0 Å². The van der Waals surface area contributed by atoms with Gasteiger partial charge in [-0.1, -0.05) is 35.3 Å². The SMILES string of the molecule is Cn1ccnc1[C@H](NC(=O)c1cc(Cl)cc(Cl)c1)c1cccc(F)c1. The molecular formula is C18H14Cl2FN3O. The van der Waals surface area contributed by atoms with E-state index >= 15 is 0 Å². The van der Waals surface area contributed by atoms with Crippen molar-refractivity contribution < 1.29 is 9.18 Å². The normalized spacial score (nSPS) is 12.0. The maximum atomic E-state index is 13.7. The van der Waals surface area contributed by atoms with Gasteiger partial charge in [-0.25, -0.2) is 9.37 Å². The van der Waals surface area contributed by atoms with Gasteiger partial charge < -0.3 is 9.88 Å². The first kappa shape index (κ1) is 17.5. The summed E-state index contributed by atoms with van der Waals surface area (Å²) >= 11 is 11.9. The zero-order chi connectivity index (χ0) is 18.0. The fourth-order valence-corrected chi connectivity index (χ4v) is 3.06. The first-order valence-electron chi connectivity index (χ1n) is 7.43. The Labute approximate surface area is 154 Å². The summed E-state index contributed by atoms with van der Waals surface area (Å²) in [5.41, 5.74) is 0.892. The van der Waals surface area contributed by atoms with Crippen molar-refractivity contribution in [2.75, 3.05) is 0 Å². The van der Waals surface area contributed by atoms with Crippen LogP contribution < -0.4 is 5.32 Å². The first-order chi connectivity index (χ1) is 11.9. The third-order valence-electron chi connectivity index (χ3n) is 3.70. The highest BCUT2D eigenvalue weighted by molar-refractivity contribution is 6.35. The van der Waals surface area contributed by atoms with Crippen LogP contribution in [0.3, 0.4) is 0 Å². The van der Waals surface area contributed by atoms with Crippen molar-refractivity contribution >= 4 is 29.1 Å². The highest BCUT2D eigenvalue weighted by Crippen LogP contribution is 2.23. The maximum absolute atomic E-state index is 13.7. The topological polar surface area (TPSA) is 46.9 Å². The van der Waals surface area contributed by atoms with Gasteiger partial charge in [0.25, 0.3) is 5.91 Å². The van der Waals surface area contributed by atoms with Gasteiger partial charge in [0.2, 0.25) is 0 Å². The van der Waals surface area contributed by atoms with Gasteiger partial charge in [0, 0.05) is 35.1 Å². The number of nitrogens with zero attached hydrogens (tertiary/aromatic N) is 2. The number of hydrogen-bond acceptors (Lipinski definition) is 2. The zero-order valence-electron chi connectivity index (χ0n) is 13.2. The molecule has 0 bridgehead atoms. The molecule has 0 spiro atoms. The largest absolute Gasteiger partial charge is 0.338 e. The molecule has 0 aliphatic carbocycles. The van der Waals surface area contributed by atoms with Crippen molar-refractivity contribution in [2.24, 2.45) is 7.05 Å². The molecule has 128 valence electrons. The molecule has 3 aromatic rings. The molecule has 0 unspecified atom stereocenters. The number of rotatable bonds is 4. The van der Waals surface area contributed by atoms with Crippen molar-refractivity contribution in [2.45, 2.75) is 6.04 Å². The van der Waals surface area contributed by atoms with E-state index in [2.05, 4.69) is 10.3 Å². The molecule has 4 nitrogen and oxygen atoms in total. The molecule has 25 heavy (non-hydrogen) atoms. The minimum atomic E-state index is -0.624. The van der Waals surface area contributed by atoms with Crippen LogP contribution in [0.25, 0.3) is 0 Å². The monoisotopic (exact) mass is 377 g/mol. The number of aromatic nitrogens is 2. The minimum absolute atomic E-state index is 0.313. The van der Waals surface area contributed by atoms with Crippen LogP contribution in [-0.2, 0) is 7.05 Å². The van der Waals surface area contributed by atoms with Gasteiger partial charge >= 0.3 is 0 Å². The van der Waals surface area contributed by atoms with Crippen LogP contribution in [0, 0.1) is 5.82 Å². The van der Waals surface area contributed by atoms with E-state index in [1.165, 1.54) is 24.3 Å². The van der Waals surface area contributed by atoms with E-state index in [0.29, 0.717) is 27.0 Å². The lowest BCUT2D eigenvalue weighted by Crippen LogP contribution is -2.31. The summed E-state index contributed by atoms with van der Waals surface area (Å²) in [5, 5.41) is 3.58. The molecule has 1 N–H and O–H groups in total. The van der Waals surface area contributed by atoms with Crippen LogP contribution in [-0.4, -0.2) is 15.5 Å². The van der Waals surface area contributed by atoms with Gasteiger partial charge in [-0.15, -0.1) is 0 Å². The third kappa shape index (κ3) is 4.00. The number of nitrogens with one attached hydrogen (secondary N) is 1. The molecule has 7 heteroatoms. The summed E-state index contributed by atoms with van der Waals surface area (Å²) < 4.78 is 15.4. The number of halogens is 3. The second-order valence-corrected chi connectivity index (χ2v) is 6.39. The smallest absolute Gasteiger partial charge is 0.252 e. The van der Waals surface area contributed by atoms with Crippen molar-refractivity contribution in [3.8, 4) is 0 Å². The first-order valence-corrected chi connectivity index (χ1v) is 8.19. The molecule has 1 aromatic heterocycles. The molecule has 0 radical (unpaired) electrons. The lowest BCUT2D eigenvalue weighted by molar-refractivity contribution is 0.0941. The number of imidazole rings is 1. The molecule has 0 fully saturated rings. The molecule has 2 aromatic carbocycles. The predicted octanol–water partition coefficient (Wildman–Crippen LogP) is 4.39. The highest BCUT2D eigenvalue weighted by Gasteiger charge is 2.22. The Morgan fingerprint density at radius 1 is 1.20 bits per heavy atom. The van der Waals surface area contributed by atoms with E-state index in [4.69, 9.17) is 23.2 Å². The molecule has 0 aliphatic heterocycles. The molecule has 3 rings (SSSR count). The molecule has 0 saturated carbocycles. The summed E-state index contributed by atoms with van der Waals surface area (Å²) in [4.78, 5) is 16.9. The number of hydrogen-bond donors (Lipinski definition) is 1. The average molecular weight is 378 g/mol. The van der Waals surface area contributed by atoms with Crippen LogP contribution in [0.2, 0.25) is 10.0 Å². The lowest BCUT2D eigenvalue weighted by Gasteiger charge is -2.19. The van der Waals surface area contributed by atoms with E-state index in [1.807, 2.05) is 0 Å². The van der Waals surface area contributed by atoms with E-state index in [-0.39, 0.29) is 5.91 Å². The standard InChI is InChI=1S/C18H14Cl2FN3O/c1-24-6-5-22-17(24)16(11-3-2-4-15(21)9-11)23-18(25)12-7-13(19)10-14(20)8-12/h2-10,16H,1H3,(H,23,25)/t16-/m1/s1. The minimum Gasteiger partial charge on any atom is -0.338 e. The number of carbonyl (C=O) groups is 1. The van der Waals surface area contributed by atoms with E-state index in [1.54, 1.807) is 42.2 Å². The van der Waals surface area contributed by atoms with Crippen LogP contribution in [0.5, 0.6) is 0 Å². The molecule has 0 saturated heterocycles. The average Bonchev–Trinajstić information content (AvgIpc) is 2.97. The number of carbonyl (C=O) groups excluding carboxylic acids is 1. The number of aryl methyl sites for hydroxylation is 1. The fraction of sp³-hybridized carbons (Fsp3) is 0.111. The summed E-state index contributed by atoms with van der Waals surface area (Å²) in [5.74, 6) is -0.203. The molecular weight excluding hydrogens is 364 g/mol. The second kappa shape index (κ2) is 7.25. The lowest BCUT2D eigenvalue weighted by atomic mass is 10.0. The van der Waals surface area contributed by atoms with Gasteiger partial charge in [-0.05, 0) is 35.9 Å². The Morgan fingerprint density at radius 3 is 2.52 bits per heavy atom. The van der Waals surface area contributed by atoms with E-state index in [9.17, 15) is 9.18 Å². The van der Waals surface area contributed by atoms with Crippen LogP contribution in [0.15, 0.2) is 54.9 Å². The Morgan fingerprint density at radius 2 is 1.92 bits per heavy atom. The Bertz CT molecular complexity index is 906. The Kier molecular flexibility index (Phi) is 5.06. The van der Waals surface area contributed by atoms with Gasteiger partial charge in [0.05, 0.1) is 0 Å². The van der Waals surface area contributed by atoms with Gasteiger partial charge in [0.1, 0.15) is 17.7 Å². The number of amides is 1. The van der Waals surface area contributed by atoms with Crippen molar-refractivity contribution in [3.05, 3.63) is 87.7 Å². The third-order valence-corrected chi connectivity index (χ3v) is 4.14.